The number of carboxylic acid groups (broad SMARTS) is 1. The molecule has 0 radical (unpaired) electrons. The first kappa shape index (κ1) is 27.3. The van der Waals surface area contributed by atoms with Crippen molar-refractivity contribution in [3.05, 3.63) is 88.1 Å². The van der Waals surface area contributed by atoms with Crippen LogP contribution in [-0.4, -0.2) is 64.2 Å². The molecule has 0 aliphatic carbocycles. The molecule has 0 saturated carbocycles. The van der Waals surface area contributed by atoms with Gasteiger partial charge in [-0.2, -0.15) is 9.78 Å². The number of halogens is 1. The second-order valence-corrected chi connectivity index (χ2v) is 11.3. The number of nitrogens with zero attached hydrogens (tertiary/aromatic N) is 4. The van der Waals surface area contributed by atoms with Crippen LogP contribution in [0.2, 0.25) is 5.02 Å². The SMILES string of the molecule is COc1c(C(=O)O)cnn1-c1cccc(-c2ccccc2OCc2ccc3c(c2Cl)CCN(CC2(C)COC2)C3)n1. The van der Waals surface area contributed by atoms with Crippen molar-refractivity contribution in [3.63, 3.8) is 0 Å². The van der Waals surface area contributed by atoms with Crippen molar-refractivity contribution >= 4 is 17.6 Å². The molecule has 0 unspecified atom stereocenters. The Morgan fingerprint density at radius 1 is 1.15 bits per heavy atom. The third kappa shape index (κ3) is 5.40. The minimum Gasteiger partial charge on any atom is -0.488 e. The Hall–Kier alpha value is -3.92. The standard InChI is InChI=1S/C31H31ClN4O5/c1-31(18-40-19-31)17-35-13-12-22-20(15-35)10-11-21(28(22)32)16-41-26-8-4-3-6-23(26)25-7-5-9-27(34-25)36-29(39-2)24(14-33-36)30(37)38/h3-11,14H,12-13,15-19H2,1-2H3,(H,37,38). The molecule has 4 aromatic rings. The molecule has 0 spiro atoms. The summed E-state index contributed by atoms with van der Waals surface area (Å²) in [5, 5.41) is 14.4. The maximum atomic E-state index is 11.5. The molecule has 2 aromatic carbocycles. The number of rotatable bonds is 9. The largest absolute Gasteiger partial charge is 0.488 e. The van der Waals surface area contributed by atoms with E-state index >= 15 is 0 Å². The predicted octanol–water partition coefficient (Wildman–Crippen LogP) is 5.27. The first-order valence-corrected chi connectivity index (χ1v) is 13.9. The number of benzene rings is 2. The van der Waals surface area contributed by atoms with Gasteiger partial charge >= 0.3 is 5.97 Å². The van der Waals surface area contributed by atoms with Crippen LogP contribution in [0.1, 0.15) is 34.0 Å². The van der Waals surface area contributed by atoms with Crippen LogP contribution < -0.4 is 9.47 Å². The monoisotopic (exact) mass is 574 g/mol. The maximum Gasteiger partial charge on any atom is 0.342 e. The minimum atomic E-state index is -1.13. The van der Waals surface area contributed by atoms with Crippen molar-refractivity contribution in [1.29, 1.82) is 0 Å². The predicted molar refractivity (Wildman–Crippen MR) is 154 cm³/mol. The Morgan fingerprint density at radius 3 is 2.73 bits per heavy atom. The summed E-state index contributed by atoms with van der Waals surface area (Å²) in [7, 11) is 1.40. The van der Waals surface area contributed by atoms with Gasteiger partial charge in [0.25, 0.3) is 0 Å². The van der Waals surface area contributed by atoms with Crippen LogP contribution in [0.3, 0.4) is 0 Å². The van der Waals surface area contributed by atoms with E-state index in [9.17, 15) is 9.90 Å². The molecule has 2 aliphatic heterocycles. The van der Waals surface area contributed by atoms with Crippen molar-refractivity contribution in [2.75, 3.05) is 33.4 Å². The molecule has 0 bridgehead atoms. The number of methoxy groups -OCH3 is 1. The van der Waals surface area contributed by atoms with Gasteiger partial charge in [-0.1, -0.05) is 48.9 Å². The number of aromatic nitrogens is 3. The molecule has 6 rings (SSSR count). The fourth-order valence-corrected chi connectivity index (χ4v) is 5.87. The van der Waals surface area contributed by atoms with Crippen LogP contribution in [0, 0.1) is 5.41 Å². The number of carbonyl (C=O) groups is 1. The van der Waals surface area contributed by atoms with E-state index in [1.54, 1.807) is 6.07 Å². The summed E-state index contributed by atoms with van der Waals surface area (Å²) in [6.07, 6.45) is 2.16. The summed E-state index contributed by atoms with van der Waals surface area (Å²) in [6, 6.07) is 17.3. The van der Waals surface area contributed by atoms with Gasteiger partial charge in [-0.15, -0.1) is 0 Å². The number of pyridine rings is 1. The highest BCUT2D eigenvalue weighted by Gasteiger charge is 2.36. The summed E-state index contributed by atoms with van der Waals surface area (Å²) in [5.41, 5.74) is 5.07. The van der Waals surface area contributed by atoms with E-state index < -0.39 is 5.97 Å². The Morgan fingerprint density at radius 2 is 1.98 bits per heavy atom. The van der Waals surface area contributed by atoms with Gasteiger partial charge in [0, 0.05) is 36.2 Å². The summed E-state index contributed by atoms with van der Waals surface area (Å²) in [6.45, 7) is 7.17. The number of para-hydroxylation sites is 1. The maximum absolute atomic E-state index is 11.5. The lowest BCUT2D eigenvalue weighted by molar-refractivity contribution is -0.116. The highest BCUT2D eigenvalue weighted by molar-refractivity contribution is 6.32. The number of aromatic carboxylic acids is 1. The van der Waals surface area contributed by atoms with Crippen LogP contribution in [0.15, 0.2) is 60.8 Å². The van der Waals surface area contributed by atoms with E-state index in [0.29, 0.717) is 23.9 Å². The second-order valence-electron chi connectivity index (χ2n) is 10.9. The second kappa shape index (κ2) is 11.2. The molecule has 1 N–H and O–H groups in total. The van der Waals surface area contributed by atoms with Gasteiger partial charge in [-0.25, -0.2) is 9.78 Å². The van der Waals surface area contributed by atoms with Crippen molar-refractivity contribution in [2.45, 2.75) is 26.5 Å². The van der Waals surface area contributed by atoms with Gasteiger partial charge in [0.2, 0.25) is 5.88 Å². The van der Waals surface area contributed by atoms with Crippen molar-refractivity contribution in [2.24, 2.45) is 5.41 Å². The summed E-state index contributed by atoms with van der Waals surface area (Å²) in [4.78, 5) is 18.8. The number of ether oxygens (including phenoxy) is 3. The fraction of sp³-hybridized carbons (Fsp3) is 0.323. The van der Waals surface area contributed by atoms with E-state index in [4.69, 9.17) is 30.8 Å². The number of hydrogen-bond acceptors (Lipinski definition) is 7. The first-order chi connectivity index (χ1) is 19.8. The van der Waals surface area contributed by atoms with Crippen molar-refractivity contribution < 1.29 is 24.1 Å². The molecule has 9 nitrogen and oxygen atoms in total. The molecular weight excluding hydrogens is 544 g/mol. The van der Waals surface area contributed by atoms with Crippen LogP contribution in [0.25, 0.3) is 17.1 Å². The first-order valence-electron chi connectivity index (χ1n) is 13.5. The van der Waals surface area contributed by atoms with Crippen LogP contribution in [0.5, 0.6) is 11.6 Å². The van der Waals surface area contributed by atoms with Gasteiger partial charge in [-0.3, -0.25) is 4.90 Å². The van der Waals surface area contributed by atoms with Gasteiger partial charge in [0.15, 0.2) is 5.82 Å². The Kier molecular flexibility index (Phi) is 7.42. The summed E-state index contributed by atoms with van der Waals surface area (Å²) >= 11 is 6.92. The smallest absolute Gasteiger partial charge is 0.342 e. The fourth-order valence-electron chi connectivity index (χ4n) is 5.54. The molecule has 0 amide bonds. The van der Waals surface area contributed by atoms with Crippen molar-refractivity contribution in [1.82, 2.24) is 19.7 Å². The van der Waals surface area contributed by atoms with E-state index in [-0.39, 0.29) is 16.9 Å². The third-order valence-corrected chi connectivity index (χ3v) is 8.12. The molecule has 4 heterocycles. The zero-order chi connectivity index (χ0) is 28.6. The zero-order valence-corrected chi connectivity index (χ0v) is 23.7. The Balaban J connectivity index is 1.20. The number of hydrogen-bond donors (Lipinski definition) is 1. The Bertz CT molecular complexity index is 1600. The van der Waals surface area contributed by atoms with Gasteiger partial charge in [-0.05, 0) is 41.8 Å². The lowest BCUT2D eigenvalue weighted by Crippen LogP contribution is -2.49. The van der Waals surface area contributed by atoms with Crippen LogP contribution in [0.4, 0.5) is 0 Å². The quantitative estimate of drug-likeness (QED) is 0.289. The number of carboxylic acids is 1. The topological polar surface area (TPSA) is 98.9 Å². The lowest BCUT2D eigenvalue weighted by Gasteiger charge is -2.43. The van der Waals surface area contributed by atoms with Crippen molar-refractivity contribution in [3.8, 4) is 28.7 Å². The highest BCUT2D eigenvalue weighted by atomic mass is 35.5. The molecule has 1 saturated heterocycles. The molecule has 0 atom stereocenters. The van der Waals surface area contributed by atoms with E-state index in [0.717, 1.165) is 55.4 Å². The zero-order valence-electron chi connectivity index (χ0n) is 23.0. The Labute approximate surface area is 243 Å². The highest BCUT2D eigenvalue weighted by Crippen LogP contribution is 2.35. The molecule has 2 aromatic heterocycles. The molecule has 1 fully saturated rings. The molecule has 212 valence electrons. The van der Waals surface area contributed by atoms with E-state index in [1.807, 2.05) is 36.4 Å². The van der Waals surface area contributed by atoms with Gasteiger partial charge in [0.1, 0.15) is 17.9 Å². The lowest BCUT2D eigenvalue weighted by atomic mass is 9.87. The van der Waals surface area contributed by atoms with Crippen LogP contribution >= 0.6 is 11.6 Å². The molecular formula is C31H31ClN4O5. The summed E-state index contributed by atoms with van der Waals surface area (Å²) in [5.74, 6) is 0.0568. The molecule has 41 heavy (non-hydrogen) atoms. The van der Waals surface area contributed by atoms with E-state index in [2.05, 4.69) is 29.1 Å². The average Bonchev–Trinajstić information content (AvgIpc) is 3.41. The molecule has 10 heteroatoms. The van der Waals surface area contributed by atoms with E-state index in [1.165, 1.54) is 29.1 Å². The minimum absolute atomic E-state index is 0.0414. The van der Waals surface area contributed by atoms with Crippen LogP contribution in [-0.2, 0) is 24.3 Å². The molecule has 2 aliphatic rings. The normalized spacial score (nSPS) is 16.1. The number of fused-ring (bicyclic) bond motifs is 1. The van der Waals surface area contributed by atoms with Gasteiger partial charge < -0.3 is 19.3 Å². The summed E-state index contributed by atoms with van der Waals surface area (Å²) < 4.78 is 18.4. The third-order valence-electron chi connectivity index (χ3n) is 7.64. The average molecular weight is 575 g/mol. The van der Waals surface area contributed by atoms with Gasteiger partial charge in [0.05, 0.1) is 37.2 Å².